The van der Waals surface area contributed by atoms with E-state index >= 15 is 0 Å². The van der Waals surface area contributed by atoms with Gasteiger partial charge in [-0.3, -0.25) is 0 Å². The number of thioether (sulfide) groups is 1. The van der Waals surface area contributed by atoms with Gasteiger partial charge in [0.2, 0.25) is 5.95 Å². The van der Waals surface area contributed by atoms with Gasteiger partial charge in [-0.2, -0.15) is 0 Å². The molecule has 4 heteroatoms. The summed E-state index contributed by atoms with van der Waals surface area (Å²) >= 11 is 1.58. The van der Waals surface area contributed by atoms with Crippen LogP contribution in [0, 0.1) is 5.41 Å². The zero-order valence-electron chi connectivity index (χ0n) is 12.7. The molecular formula is C16H23N3S. The molecule has 108 valence electrons. The third-order valence-corrected chi connectivity index (χ3v) is 4.54. The normalized spacial score (nSPS) is 18.8. The third-order valence-electron chi connectivity index (χ3n) is 3.91. The van der Waals surface area contributed by atoms with E-state index in [0.717, 1.165) is 10.7 Å². The molecule has 2 rings (SSSR count). The van der Waals surface area contributed by atoms with E-state index in [1.807, 2.05) is 12.3 Å². The number of rotatable bonds is 3. The fourth-order valence-corrected chi connectivity index (χ4v) is 3.25. The van der Waals surface area contributed by atoms with Crippen LogP contribution in [0.4, 0.5) is 5.95 Å². The summed E-state index contributed by atoms with van der Waals surface area (Å²) in [4.78, 5) is 8.46. The molecule has 1 aromatic heterocycles. The van der Waals surface area contributed by atoms with Gasteiger partial charge in [-0.1, -0.05) is 25.5 Å². The highest BCUT2D eigenvalue weighted by Gasteiger charge is 2.26. The second-order valence-electron chi connectivity index (χ2n) is 5.96. The molecule has 0 amide bonds. The van der Waals surface area contributed by atoms with E-state index in [1.165, 1.54) is 30.4 Å². The number of nitrogens with two attached hydrogens (primary N) is 1. The van der Waals surface area contributed by atoms with Crippen LogP contribution in [0.25, 0.3) is 6.08 Å². The molecule has 0 aliphatic heterocycles. The van der Waals surface area contributed by atoms with Gasteiger partial charge in [0.25, 0.3) is 0 Å². The Balaban J connectivity index is 2.31. The van der Waals surface area contributed by atoms with Gasteiger partial charge < -0.3 is 5.73 Å². The Morgan fingerprint density at radius 1 is 1.30 bits per heavy atom. The molecule has 1 aliphatic rings. The predicted octanol–water partition coefficient (Wildman–Crippen LogP) is 4.32. The van der Waals surface area contributed by atoms with Crippen LogP contribution in [0.3, 0.4) is 0 Å². The molecule has 1 aromatic rings. The van der Waals surface area contributed by atoms with Crippen LogP contribution in [0.2, 0.25) is 0 Å². The number of hydrogen-bond donors (Lipinski definition) is 1. The standard InChI is InChI=1S/C16H23N3S/c1-11-6-5-9-16(2,3)13(11)8-7-12-10-14(20-4)19-15(17)18-12/h7-8,10H,5-6,9H2,1-4H3,(H2,17,18,19)/b8-7+. The summed E-state index contributed by atoms with van der Waals surface area (Å²) in [5, 5.41) is 0.908. The molecule has 3 nitrogen and oxygen atoms in total. The van der Waals surface area contributed by atoms with Gasteiger partial charge in [-0.05, 0) is 55.6 Å². The van der Waals surface area contributed by atoms with Crippen LogP contribution in [0.1, 0.15) is 45.7 Å². The predicted molar refractivity (Wildman–Crippen MR) is 87.6 cm³/mol. The number of allylic oxidation sites excluding steroid dienone is 3. The summed E-state index contributed by atoms with van der Waals surface area (Å²) < 4.78 is 0. The molecule has 2 N–H and O–H groups in total. The summed E-state index contributed by atoms with van der Waals surface area (Å²) in [7, 11) is 0. The highest BCUT2D eigenvalue weighted by molar-refractivity contribution is 7.98. The highest BCUT2D eigenvalue weighted by Crippen LogP contribution is 2.40. The van der Waals surface area contributed by atoms with Gasteiger partial charge in [0.1, 0.15) is 5.03 Å². The summed E-state index contributed by atoms with van der Waals surface area (Å²) in [6.07, 6.45) is 9.99. The van der Waals surface area contributed by atoms with E-state index in [-0.39, 0.29) is 5.41 Å². The van der Waals surface area contributed by atoms with Gasteiger partial charge in [0.15, 0.2) is 0 Å². The van der Waals surface area contributed by atoms with Crippen LogP contribution in [0.15, 0.2) is 28.3 Å². The van der Waals surface area contributed by atoms with Gasteiger partial charge in [0, 0.05) is 0 Å². The zero-order valence-corrected chi connectivity index (χ0v) is 13.5. The number of aromatic nitrogens is 2. The zero-order chi connectivity index (χ0) is 14.8. The first-order chi connectivity index (χ1) is 9.42. The molecule has 0 aromatic carbocycles. The lowest BCUT2D eigenvalue weighted by atomic mass is 9.72. The summed E-state index contributed by atoms with van der Waals surface area (Å²) in [5.74, 6) is 0.338. The van der Waals surface area contributed by atoms with Gasteiger partial charge in [-0.15, -0.1) is 11.8 Å². The quantitative estimate of drug-likeness (QED) is 0.665. The molecule has 0 fully saturated rings. The molecule has 0 atom stereocenters. The average Bonchev–Trinajstić information content (AvgIpc) is 2.36. The van der Waals surface area contributed by atoms with Crippen molar-refractivity contribution >= 4 is 23.8 Å². The second-order valence-corrected chi connectivity index (χ2v) is 6.78. The molecule has 20 heavy (non-hydrogen) atoms. The summed E-state index contributed by atoms with van der Waals surface area (Å²) in [6.45, 7) is 6.87. The fourth-order valence-electron chi connectivity index (χ4n) is 2.83. The molecule has 1 heterocycles. The Hall–Kier alpha value is -1.29. The monoisotopic (exact) mass is 289 g/mol. The molecule has 0 saturated carbocycles. The minimum atomic E-state index is 0.250. The van der Waals surface area contributed by atoms with Crippen molar-refractivity contribution in [3.63, 3.8) is 0 Å². The van der Waals surface area contributed by atoms with Crippen LogP contribution in [-0.2, 0) is 0 Å². The molecule has 0 saturated heterocycles. The minimum Gasteiger partial charge on any atom is -0.368 e. The Labute approximate surface area is 125 Å². The maximum atomic E-state index is 5.74. The topological polar surface area (TPSA) is 51.8 Å². The van der Waals surface area contributed by atoms with Crippen molar-refractivity contribution in [3.05, 3.63) is 29.0 Å². The van der Waals surface area contributed by atoms with Crippen LogP contribution < -0.4 is 5.73 Å². The van der Waals surface area contributed by atoms with Gasteiger partial charge >= 0.3 is 0 Å². The van der Waals surface area contributed by atoms with Crippen molar-refractivity contribution in [1.29, 1.82) is 0 Å². The van der Waals surface area contributed by atoms with Crippen molar-refractivity contribution in [2.75, 3.05) is 12.0 Å². The maximum Gasteiger partial charge on any atom is 0.221 e. The van der Waals surface area contributed by atoms with Crippen LogP contribution >= 0.6 is 11.8 Å². The molecule has 0 spiro atoms. The Morgan fingerprint density at radius 3 is 2.70 bits per heavy atom. The first-order valence-electron chi connectivity index (χ1n) is 6.99. The number of nitrogens with zero attached hydrogens (tertiary/aromatic N) is 2. The smallest absolute Gasteiger partial charge is 0.221 e. The first kappa shape index (κ1) is 15.1. The Kier molecular flexibility index (Phi) is 4.53. The van der Waals surface area contributed by atoms with E-state index in [0.29, 0.717) is 5.95 Å². The second kappa shape index (κ2) is 6.00. The number of hydrogen-bond acceptors (Lipinski definition) is 4. The van der Waals surface area contributed by atoms with Gasteiger partial charge in [-0.25, -0.2) is 9.97 Å². The third kappa shape index (κ3) is 3.42. The Bertz CT molecular complexity index is 559. The van der Waals surface area contributed by atoms with E-state index in [2.05, 4.69) is 42.9 Å². The lowest BCUT2D eigenvalue weighted by Crippen LogP contribution is -2.19. The van der Waals surface area contributed by atoms with Crippen molar-refractivity contribution in [2.24, 2.45) is 5.41 Å². The van der Waals surface area contributed by atoms with E-state index in [9.17, 15) is 0 Å². The van der Waals surface area contributed by atoms with E-state index in [1.54, 1.807) is 11.8 Å². The average molecular weight is 289 g/mol. The fraction of sp³-hybridized carbons (Fsp3) is 0.500. The molecule has 0 unspecified atom stereocenters. The maximum absolute atomic E-state index is 5.74. The lowest BCUT2D eigenvalue weighted by molar-refractivity contribution is 0.377. The van der Waals surface area contributed by atoms with Gasteiger partial charge in [0.05, 0.1) is 5.69 Å². The molecular weight excluding hydrogens is 266 g/mol. The summed E-state index contributed by atoms with van der Waals surface area (Å²) in [5.41, 5.74) is 9.80. The largest absolute Gasteiger partial charge is 0.368 e. The number of nitrogen functional groups attached to an aromatic ring is 1. The molecule has 0 bridgehead atoms. The van der Waals surface area contributed by atoms with Crippen LogP contribution in [-0.4, -0.2) is 16.2 Å². The Morgan fingerprint density at radius 2 is 2.05 bits per heavy atom. The summed E-state index contributed by atoms with van der Waals surface area (Å²) in [6, 6.07) is 1.98. The minimum absolute atomic E-state index is 0.250. The SMILES string of the molecule is CSc1cc(/C=C/C2=C(C)CCCC2(C)C)nc(N)n1. The van der Waals surface area contributed by atoms with Crippen molar-refractivity contribution in [2.45, 2.75) is 45.1 Å². The number of anilines is 1. The van der Waals surface area contributed by atoms with Crippen molar-refractivity contribution < 1.29 is 0 Å². The highest BCUT2D eigenvalue weighted by atomic mass is 32.2. The van der Waals surface area contributed by atoms with Crippen molar-refractivity contribution in [1.82, 2.24) is 9.97 Å². The molecule has 1 aliphatic carbocycles. The van der Waals surface area contributed by atoms with Crippen molar-refractivity contribution in [3.8, 4) is 0 Å². The van der Waals surface area contributed by atoms with E-state index in [4.69, 9.17) is 5.73 Å². The molecule has 0 radical (unpaired) electrons. The lowest BCUT2D eigenvalue weighted by Gasteiger charge is -2.32. The van der Waals surface area contributed by atoms with Crippen LogP contribution in [0.5, 0.6) is 0 Å². The first-order valence-corrected chi connectivity index (χ1v) is 8.22. The van der Waals surface area contributed by atoms with E-state index < -0.39 is 0 Å².